The van der Waals surface area contributed by atoms with Crippen LogP contribution < -0.4 is 0 Å². The molecule has 0 atom stereocenters. The first-order valence-corrected chi connectivity index (χ1v) is 5.32. The first kappa shape index (κ1) is 11.4. The fourth-order valence-corrected chi connectivity index (χ4v) is 1.50. The summed E-state index contributed by atoms with van der Waals surface area (Å²) in [6.45, 7) is 4.23. The minimum atomic E-state index is -0.349. The number of carbonyl (C=O) groups excluding carboxylic acids is 1. The van der Waals surface area contributed by atoms with E-state index < -0.39 is 0 Å². The van der Waals surface area contributed by atoms with Gasteiger partial charge < -0.3 is 13.8 Å². The number of rotatable bonds is 4. The van der Waals surface area contributed by atoms with Gasteiger partial charge >= 0.3 is 5.97 Å². The molecule has 0 aliphatic rings. The first-order chi connectivity index (χ1) is 8.20. The summed E-state index contributed by atoms with van der Waals surface area (Å²) >= 11 is 0. The summed E-state index contributed by atoms with van der Waals surface area (Å²) in [7, 11) is 0. The van der Waals surface area contributed by atoms with Gasteiger partial charge in [-0.25, -0.2) is 4.79 Å². The highest BCUT2D eigenvalue weighted by Crippen LogP contribution is 2.07. The van der Waals surface area contributed by atoms with E-state index in [2.05, 4.69) is 10.1 Å². The molecular weight excluding hydrogens is 222 g/mol. The second-order valence-electron chi connectivity index (χ2n) is 3.47. The van der Waals surface area contributed by atoms with Gasteiger partial charge in [0, 0.05) is 13.1 Å². The van der Waals surface area contributed by atoms with Crippen molar-refractivity contribution in [3.05, 3.63) is 35.7 Å². The summed E-state index contributed by atoms with van der Waals surface area (Å²) in [5, 5.41) is 3.78. The zero-order valence-corrected chi connectivity index (χ0v) is 9.71. The van der Waals surface area contributed by atoms with E-state index in [1.54, 1.807) is 36.7 Å². The van der Waals surface area contributed by atoms with Crippen LogP contribution in [0.15, 0.2) is 22.9 Å². The number of esters is 1. The monoisotopic (exact) mass is 235 g/mol. The Hall–Kier alpha value is -2.11. The van der Waals surface area contributed by atoms with Crippen LogP contribution in [0.25, 0.3) is 0 Å². The highest BCUT2D eigenvalue weighted by atomic mass is 16.5. The molecule has 17 heavy (non-hydrogen) atoms. The third-order valence-electron chi connectivity index (χ3n) is 2.20. The molecule has 0 aliphatic heterocycles. The predicted molar refractivity (Wildman–Crippen MR) is 58.5 cm³/mol. The Bertz CT molecular complexity index is 516. The van der Waals surface area contributed by atoms with E-state index >= 15 is 0 Å². The zero-order valence-electron chi connectivity index (χ0n) is 9.71. The van der Waals surface area contributed by atoms with Gasteiger partial charge in [-0.2, -0.15) is 4.98 Å². The maximum absolute atomic E-state index is 11.6. The fourth-order valence-electron chi connectivity index (χ4n) is 1.50. The molecule has 0 aromatic carbocycles. The van der Waals surface area contributed by atoms with Crippen molar-refractivity contribution in [3.8, 4) is 0 Å². The summed E-state index contributed by atoms with van der Waals surface area (Å²) in [4.78, 5) is 15.7. The van der Waals surface area contributed by atoms with Crippen LogP contribution in [0.1, 0.15) is 29.1 Å². The first-order valence-electron chi connectivity index (χ1n) is 5.32. The van der Waals surface area contributed by atoms with Crippen LogP contribution >= 0.6 is 0 Å². The van der Waals surface area contributed by atoms with E-state index in [-0.39, 0.29) is 5.97 Å². The quantitative estimate of drug-likeness (QED) is 0.749. The minimum absolute atomic E-state index is 0.349. The Morgan fingerprint density at radius 1 is 1.59 bits per heavy atom. The van der Waals surface area contributed by atoms with E-state index in [0.717, 1.165) is 0 Å². The Morgan fingerprint density at radius 2 is 2.41 bits per heavy atom. The summed E-state index contributed by atoms with van der Waals surface area (Å²) < 4.78 is 11.5. The van der Waals surface area contributed by atoms with Crippen molar-refractivity contribution < 1.29 is 14.1 Å². The van der Waals surface area contributed by atoms with Crippen molar-refractivity contribution in [3.63, 3.8) is 0 Å². The largest absolute Gasteiger partial charge is 0.461 e. The fraction of sp³-hybridized carbons (Fsp3) is 0.364. The van der Waals surface area contributed by atoms with Gasteiger partial charge in [-0.3, -0.25) is 0 Å². The lowest BCUT2D eigenvalue weighted by molar-refractivity contribution is 0.0514. The number of aromatic nitrogens is 3. The number of nitrogens with zero attached hydrogens (tertiary/aromatic N) is 3. The molecule has 0 unspecified atom stereocenters. The predicted octanol–water partition coefficient (Wildman–Crippen LogP) is 1.40. The van der Waals surface area contributed by atoms with Crippen LogP contribution in [0.4, 0.5) is 0 Å². The smallest absolute Gasteiger partial charge is 0.354 e. The van der Waals surface area contributed by atoms with Gasteiger partial charge in [-0.15, -0.1) is 0 Å². The Balaban J connectivity index is 2.16. The van der Waals surface area contributed by atoms with Crippen molar-refractivity contribution >= 4 is 5.97 Å². The van der Waals surface area contributed by atoms with Gasteiger partial charge in [-0.1, -0.05) is 5.16 Å². The summed E-state index contributed by atoms with van der Waals surface area (Å²) in [5.74, 6) is 0.687. The molecule has 0 N–H and O–H groups in total. The highest BCUT2D eigenvalue weighted by molar-refractivity contribution is 5.87. The maximum Gasteiger partial charge on any atom is 0.354 e. The normalized spacial score (nSPS) is 10.5. The van der Waals surface area contributed by atoms with Crippen molar-refractivity contribution in [2.24, 2.45) is 0 Å². The number of hydrogen-bond acceptors (Lipinski definition) is 5. The van der Waals surface area contributed by atoms with Gasteiger partial charge in [0.25, 0.3) is 0 Å². The molecule has 0 spiro atoms. The lowest BCUT2D eigenvalue weighted by Gasteiger charge is -2.05. The molecule has 2 rings (SSSR count). The highest BCUT2D eigenvalue weighted by Gasteiger charge is 2.13. The van der Waals surface area contributed by atoms with Crippen molar-refractivity contribution in [1.82, 2.24) is 14.7 Å². The maximum atomic E-state index is 11.6. The molecular formula is C11H13N3O3. The van der Waals surface area contributed by atoms with Crippen LogP contribution in [-0.4, -0.2) is 27.3 Å². The Kier molecular flexibility index (Phi) is 3.22. The number of hydrogen-bond donors (Lipinski definition) is 0. The standard InChI is InChI=1S/C11H13N3O3/c1-3-16-11(15)9-5-4-6-14(9)7-10-12-8(2)17-13-10/h4-6H,3,7H2,1-2H3. The van der Waals surface area contributed by atoms with Crippen LogP contribution in [0, 0.1) is 6.92 Å². The van der Waals surface area contributed by atoms with E-state index in [4.69, 9.17) is 9.26 Å². The van der Waals surface area contributed by atoms with Crippen LogP contribution in [0.5, 0.6) is 0 Å². The topological polar surface area (TPSA) is 70.2 Å². The second kappa shape index (κ2) is 4.82. The zero-order chi connectivity index (χ0) is 12.3. The Labute approximate surface area is 98.2 Å². The lowest BCUT2D eigenvalue weighted by Crippen LogP contribution is -2.12. The third-order valence-corrected chi connectivity index (χ3v) is 2.20. The van der Waals surface area contributed by atoms with E-state index in [1.165, 1.54) is 0 Å². The van der Waals surface area contributed by atoms with Crippen molar-refractivity contribution in [2.75, 3.05) is 6.61 Å². The lowest BCUT2D eigenvalue weighted by atomic mass is 10.4. The molecule has 2 heterocycles. The van der Waals surface area contributed by atoms with Crippen LogP contribution in [0.3, 0.4) is 0 Å². The van der Waals surface area contributed by atoms with Gasteiger partial charge in [0.2, 0.25) is 5.89 Å². The van der Waals surface area contributed by atoms with Gasteiger partial charge in [0.05, 0.1) is 13.2 Å². The second-order valence-corrected chi connectivity index (χ2v) is 3.47. The average Bonchev–Trinajstić information content (AvgIpc) is 2.89. The van der Waals surface area contributed by atoms with Crippen LogP contribution in [-0.2, 0) is 11.3 Å². The number of carbonyl (C=O) groups is 1. The van der Waals surface area contributed by atoms with Gasteiger partial charge in [0.15, 0.2) is 5.82 Å². The minimum Gasteiger partial charge on any atom is -0.461 e. The van der Waals surface area contributed by atoms with Crippen molar-refractivity contribution in [2.45, 2.75) is 20.4 Å². The van der Waals surface area contributed by atoms with Crippen molar-refractivity contribution in [1.29, 1.82) is 0 Å². The molecule has 0 saturated heterocycles. The molecule has 0 saturated carbocycles. The average molecular weight is 235 g/mol. The third kappa shape index (κ3) is 2.52. The molecule has 2 aromatic rings. The van der Waals surface area contributed by atoms with Crippen LogP contribution in [0.2, 0.25) is 0 Å². The molecule has 0 radical (unpaired) electrons. The van der Waals surface area contributed by atoms with E-state index in [0.29, 0.717) is 30.6 Å². The van der Waals surface area contributed by atoms with Gasteiger partial charge in [0.1, 0.15) is 5.69 Å². The molecule has 0 bridgehead atoms. The molecule has 0 aliphatic carbocycles. The molecule has 2 aromatic heterocycles. The molecule has 90 valence electrons. The molecule has 0 fully saturated rings. The van der Waals surface area contributed by atoms with Gasteiger partial charge in [-0.05, 0) is 19.1 Å². The summed E-state index contributed by atoms with van der Waals surface area (Å²) in [6.07, 6.45) is 1.78. The molecule has 6 heteroatoms. The SMILES string of the molecule is CCOC(=O)c1cccn1Cc1noc(C)n1. The Morgan fingerprint density at radius 3 is 3.06 bits per heavy atom. The molecule has 6 nitrogen and oxygen atoms in total. The number of aryl methyl sites for hydroxylation is 1. The van der Waals surface area contributed by atoms with E-state index in [1.807, 2.05) is 0 Å². The van der Waals surface area contributed by atoms with E-state index in [9.17, 15) is 4.79 Å². The summed E-state index contributed by atoms with van der Waals surface area (Å²) in [5.41, 5.74) is 0.481. The molecule has 0 amide bonds. The summed E-state index contributed by atoms with van der Waals surface area (Å²) in [6, 6.07) is 3.48. The number of ether oxygens (including phenoxy) is 1.